The summed E-state index contributed by atoms with van der Waals surface area (Å²) in [6.07, 6.45) is 3.92. The van der Waals surface area contributed by atoms with Gasteiger partial charge in [0.1, 0.15) is 6.61 Å². The Labute approximate surface area is 122 Å². The summed E-state index contributed by atoms with van der Waals surface area (Å²) in [5, 5.41) is 7.26. The third-order valence-corrected chi connectivity index (χ3v) is 4.66. The third kappa shape index (κ3) is 1.99. The summed E-state index contributed by atoms with van der Waals surface area (Å²) >= 11 is 0. The Hall–Kier alpha value is -2.05. The van der Waals surface area contributed by atoms with Crippen LogP contribution in [0.2, 0.25) is 0 Å². The molecular formula is C14H18N4O3. The first-order valence-corrected chi connectivity index (χ1v) is 7.53. The van der Waals surface area contributed by atoms with Gasteiger partial charge in [0, 0.05) is 30.9 Å². The number of nitrogens with one attached hydrogen (secondary N) is 1. The van der Waals surface area contributed by atoms with Crippen LogP contribution in [0.15, 0.2) is 0 Å². The second-order valence-electron chi connectivity index (χ2n) is 5.91. The van der Waals surface area contributed by atoms with Gasteiger partial charge in [-0.3, -0.25) is 14.8 Å². The molecule has 1 aliphatic carbocycles. The molecule has 1 atom stereocenters. The Bertz CT molecular complexity index is 597. The fraction of sp³-hybridized carbons (Fsp3) is 0.643. The number of rotatable bonds is 1. The highest BCUT2D eigenvalue weighted by Crippen LogP contribution is 2.25. The number of carbonyl (C=O) groups is 2. The summed E-state index contributed by atoms with van der Waals surface area (Å²) < 4.78 is 5.04. The van der Waals surface area contributed by atoms with Crippen LogP contribution in [0.25, 0.3) is 0 Å². The first-order chi connectivity index (χ1) is 10.2. The maximum Gasteiger partial charge on any atom is 0.410 e. The standard InChI is InChI=1S/C14H18N4O3/c19-13(12-10-3-1-2-4-11(10)15-16-12)17-5-6-18-9(7-17)8-21-14(18)20/h9H,1-8H2,(H,15,16)/t9-/m1/s1. The van der Waals surface area contributed by atoms with Gasteiger partial charge in [0.2, 0.25) is 0 Å². The summed E-state index contributed by atoms with van der Waals surface area (Å²) in [6, 6.07) is -0.00929. The van der Waals surface area contributed by atoms with Gasteiger partial charge in [-0.1, -0.05) is 0 Å². The zero-order valence-electron chi connectivity index (χ0n) is 11.8. The number of hydrogen-bond donors (Lipinski definition) is 1. The molecule has 2 aliphatic heterocycles. The van der Waals surface area contributed by atoms with Crippen molar-refractivity contribution in [2.45, 2.75) is 31.7 Å². The number of amides is 2. The van der Waals surface area contributed by atoms with E-state index >= 15 is 0 Å². The van der Waals surface area contributed by atoms with Crippen LogP contribution in [0.3, 0.4) is 0 Å². The van der Waals surface area contributed by atoms with Gasteiger partial charge in [0.05, 0.1) is 6.04 Å². The van der Waals surface area contributed by atoms with Gasteiger partial charge in [-0.25, -0.2) is 4.79 Å². The molecule has 0 radical (unpaired) electrons. The van der Waals surface area contributed by atoms with Gasteiger partial charge >= 0.3 is 6.09 Å². The molecular weight excluding hydrogens is 272 g/mol. The molecule has 112 valence electrons. The van der Waals surface area contributed by atoms with Crippen molar-refractivity contribution in [3.63, 3.8) is 0 Å². The van der Waals surface area contributed by atoms with Gasteiger partial charge in [-0.15, -0.1) is 0 Å². The summed E-state index contributed by atoms with van der Waals surface area (Å²) in [5.41, 5.74) is 2.78. The number of cyclic esters (lactones) is 1. The minimum absolute atomic E-state index is 0.00929. The molecule has 2 saturated heterocycles. The molecule has 0 bridgehead atoms. The maximum atomic E-state index is 12.7. The molecule has 1 aromatic heterocycles. The van der Waals surface area contributed by atoms with Crippen LogP contribution in [0.5, 0.6) is 0 Å². The van der Waals surface area contributed by atoms with Crippen LogP contribution >= 0.6 is 0 Å². The van der Waals surface area contributed by atoms with Crippen LogP contribution in [0, 0.1) is 0 Å². The molecule has 3 heterocycles. The normalized spacial score (nSPS) is 24.6. The number of aromatic amines is 1. The van der Waals surface area contributed by atoms with Crippen LogP contribution in [-0.4, -0.2) is 64.3 Å². The maximum absolute atomic E-state index is 12.7. The second-order valence-corrected chi connectivity index (χ2v) is 5.91. The number of carbonyl (C=O) groups excluding carboxylic acids is 2. The van der Waals surface area contributed by atoms with Crippen molar-refractivity contribution in [1.82, 2.24) is 20.0 Å². The van der Waals surface area contributed by atoms with Crippen molar-refractivity contribution < 1.29 is 14.3 Å². The third-order valence-electron chi connectivity index (χ3n) is 4.66. The molecule has 2 fully saturated rings. The number of hydrogen-bond acceptors (Lipinski definition) is 4. The molecule has 1 aromatic rings. The molecule has 0 saturated carbocycles. The summed E-state index contributed by atoms with van der Waals surface area (Å²) in [5.74, 6) is -0.0200. The first-order valence-electron chi connectivity index (χ1n) is 7.53. The number of fused-ring (bicyclic) bond motifs is 2. The smallest absolute Gasteiger partial charge is 0.410 e. The van der Waals surface area contributed by atoms with Gasteiger partial charge in [-0.05, 0) is 25.7 Å². The zero-order chi connectivity index (χ0) is 14.4. The van der Waals surface area contributed by atoms with Crippen molar-refractivity contribution in [1.29, 1.82) is 0 Å². The van der Waals surface area contributed by atoms with Gasteiger partial charge < -0.3 is 9.64 Å². The van der Waals surface area contributed by atoms with Crippen molar-refractivity contribution in [3.8, 4) is 0 Å². The lowest BCUT2D eigenvalue weighted by atomic mass is 9.95. The molecule has 4 rings (SSSR count). The Balaban J connectivity index is 1.53. The van der Waals surface area contributed by atoms with Crippen molar-refractivity contribution >= 4 is 12.0 Å². The van der Waals surface area contributed by atoms with E-state index < -0.39 is 0 Å². The second kappa shape index (κ2) is 4.75. The summed E-state index contributed by atoms with van der Waals surface area (Å²) in [6.45, 7) is 2.00. The van der Waals surface area contributed by atoms with E-state index in [0.29, 0.717) is 31.9 Å². The molecule has 0 spiro atoms. The molecule has 0 aromatic carbocycles. The minimum atomic E-state index is -0.260. The molecule has 2 amide bonds. The number of H-pyrrole nitrogens is 1. The Morgan fingerprint density at radius 2 is 2.14 bits per heavy atom. The summed E-state index contributed by atoms with van der Waals surface area (Å²) in [4.78, 5) is 27.7. The number of aryl methyl sites for hydroxylation is 1. The predicted molar refractivity (Wildman–Crippen MR) is 73.0 cm³/mol. The largest absolute Gasteiger partial charge is 0.447 e. The van der Waals surface area contributed by atoms with Gasteiger partial charge in [-0.2, -0.15) is 5.10 Å². The lowest BCUT2D eigenvalue weighted by molar-refractivity contribution is 0.0610. The van der Waals surface area contributed by atoms with E-state index in [9.17, 15) is 9.59 Å². The van der Waals surface area contributed by atoms with Crippen LogP contribution < -0.4 is 0 Å². The molecule has 7 heteroatoms. The van der Waals surface area contributed by atoms with Crippen molar-refractivity contribution in [2.75, 3.05) is 26.2 Å². The Morgan fingerprint density at radius 1 is 1.29 bits per heavy atom. The van der Waals surface area contributed by atoms with Crippen molar-refractivity contribution in [2.24, 2.45) is 0 Å². The number of nitrogens with zero attached hydrogens (tertiary/aromatic N) is 3. The number of aromatic nitrogens is 2. The topological polar surface area (TPSA) is 78.5 Å². The molecule has 21 heavy (non-hydrogen) atoms. The summed E-state index contributed by atoms with van der Waals surface area (Å²) in [7, 11) is 0. The lowest BCUT2D eigenvalue weighted by Crippen LogP contribution is -2.53. The van der Waals surface area contributed by atoms with E-state index in [0.717, 1.165) is 36.9 Å². The SMILES string of the molecule is O=C(c1n[nH]c2c1CCCC2)N1CCN2C(=O)OC[C@H]2C1. The van der Waals surface area contributed by atoms with Crippen LogP contribution in [0.1, 0.15) is 34.6 Å². The van der Waals surface area contributed by atoms with Gasteiger partial charge in [0.25, 0.3) is 5.91 Å². The molecule has 3 aliphatic rings. The average Bonchev–Trinajstić information content (AvgIpc) is 3.10. The van der Waals surface area contributed by atoms with E-state index in [1.807, 2.05) is 0 Å². The number of piperazine rings is 1. The molecule has 0 unspecified atom stereocenters. The zero-order valence-corrected chi connectivity index (χ0v) is 11.8. The fourth-order valence-corrected chi connectivity index (χ4v) is 3.48. The highest BCUT2D eigenvalue weighted by Gasteiger charge is 2.39. The minimum Gasteiger partial charge on any atom is -0.447 e. The highest BCUT2D eigenvalue weighted by molar-refractivity contribution is 5.94. The molecule has 7 nitrogen and oxygen atoms in total. The lowest BCUT2D eigenvalue weighted by Gasteiger charge is -2.35. The molecule has 1 N–H and O–H groups in total. The highest BCUT2D eigenvalue weighted by atomic mass is 16.6. The Kier molecular flexibility index (Phi) is 2.87. The fourth-order valence-electron chi connectivity index (χ4n) is 3.48. The quantitative estimate of drug-likeness (QED) is 0.820. The van der Waals surface area contributed by atoms with Crippen molar-refractivity contribution in [3.05, 3.63) is 17.0 Å². The first kappa shape index (κ1) is 12.7. The average molecular weight is 290 g/mol. The number of ether oxygens (including phenoxy) is 1. The van der Waals surface area contributed by atoms with Gasteiger partial charge in [0.15, 0.2) is 5.69 Å². The van der Waals surface area contributed by atoms with E-state index in [-0.39, 0.29) is 18.0 Å². The van der Waals surface area contributed by atoms with Crippen LogP contribution in [-0.2, 0) is 17.6 Å². The predicted octanol–water partition coefficient (Wildman–Crippen LogP) is 0.565. The van der Waals surface area contributed by atoms with E-state index in [1.165, 1.54) is 0 Å². The monoisotopic (exact) mass is 290 g/mol. The van der Waals surface area contributed by atoms with E-state index in [2.05, 4.69) is 10.2 Å². The van der Waals surface area contributed by atoms with Crippen LogP contribution in [0.4, 0.5) is 4.79 Å². The van der Waals surface area contributed by atoms with E-state index in [1.54, 1.807) is 9.80 Å². The Morgan fingerprint density at radius 3 is 3.05 bits per heavy atom. The van der Waals surface area contributed by atoms with E-state index in [4.69, 9.17) is 4.74 Å².